The SMILES string of the molecule is CC1=NN(c2nc(-c3ccccc3)cs2)C(=O)[C@H]1N=Nc1cc(Cl)ccc1Cl. The van der Waals surface area contributed by atoms with Crippen molar-refractivity contribution in [1.29, 1.82) is 0 Å². The number of benzene rings is 2. The molecular weight excluding hydrogens is 417 g/mol. The molecule has 1 aromatic heterocycles. The summed E-state index contributed by atoms with van der Waals surface area (Å²) in [7, 11) is 0. The highest BCUT2D eigenvalue weighted by molar-refractivity contribution is 7.14. The molecule has 0 unspecified atom stereocenters. The van der Waals surface area contributed by atoms with Gasteiger partial charge in [-0.25, -0.2) is 4.98 Å². The third-order valence-corrected chi connectivity index (χ3v) is 5.40. The van der Waals surface area contributed by atoms with Crippen molar-refractivity contribution in [3.05, 3.63) is 64.0 Å². The first-order valence-corrected chi connectivity index (χ1v) is 9.92. The molecule has 0 saturated heterocycles. The number of hydrogen-bond acceptors (Lipinski definition) is 6. The van der Waals surface area contributed by atoms with E-state index in [0.717, 1.165) is 11.3 Å². The Hall–Kier alpha value is -2.61. The fourth-order valence-corrected chi connectivity index (χ4v) is 3.72. The first-order chi connectivity index (χ1) is 13.5. The second-order valence-electron chi connectivity index (χ2n) is 5.99. The minimum atomic E-state index is -0.820. The number of halogens is 2. The molecule has 1 atom stereocenters. The second kappa shape index (κ2) is 7.79. The molecular formula is C19H13Cl2N5OS. The maximum absolute atomic E-state index is 12.8. The number of aromatic nitrogens is 1. The van der Waals surface area contributed by atoms with E-state index in [2.05, 4.69) is 20.3 Å². The fraction of sp³-hybridized carbons (Fsp3) is 0.105. The van der Waals surface area contributed by atoms with Gasteiger partial charge in [-0.05, 0) is 25.1 Å². The van der Waals surface area contributed by atoms with Crippen LogP contribution < -0.4 is 5.01 Å². The van der Waals surface area contributed by atoms with Crippen molar-refractivity contribution in [2.45, 2.75) is 13.0 Å². The Bertz CT molecular complexity index is 1100. The van der Waals surface area contributed by atoms with Crippen LogP contribution in [0.5, 0.6) is 0 Å². The molecule has 0 aliphatic carbocycles. The average molecular weight is 430 g/mol. The summed E-state index contributed by atoms with van der Waals surface area (Å²) < 4.78 is 0. The van der Waals surface area contributed by atoms with Crippen molar-refractivity contribution in [3.63, 3.8) is 0 Å². The highest BCUT2D eigenvalue weighted by Crippen LogP contribution is 2.32. The predicted molar refractivity (Wildman–Crippen MR) is 113 cm³/mol. The Kier molecular flexibility index (Phi) is 5.21. The highest BCUT2D eigenvalue weighted by Gasteiger charge is 2.36. The molecule has 0 bridgehead atoms. The largest absolute Gasteiger partial charge is 0.282 e. The number of hydrogen-bond donors (Lipinski definition) is 0. The number of amides is 1. The lowest BCUT2D eigenvalue weighted by Gasteiger charge is -2.08. The van der Waals surface area contributed by atoms with Crippen molar-refractivity contribution in [3.8, 4) is 11.3 Å². The number of carbonyl (C=O) groups is 1. The number of thiazole rings is 1. The number of carbonyl (C=O) groups excluding carboxylic acids is 1. The first kappa shape index (κ1) is 18.7. The Morgan fingerprint density at radius 1 is 1.14 bits per heavy atom. The molecule has 140 valence electrons. The zero-order valence-corrected chi connectivity index (χ0v) is 16.9. The topological polar surface area (TPSA) is 70.3 Å². The van der Waals surface area contributed by atoms with Gasteiger partial charge in [0.1, 0.15) is 5.69 Å². The molecule has 0 fully saturated rings. The Labute approximate surface area is 175 Å². The number of hydrazone groups is 1. The lowest BCUT2D eigenvalue weighted by atomic mass is 10.2. The van der Waals surface area contributed by atoms with Gasteiger partial charge in [-0.15, -0.1) is 11.3 Å². The van der Waals surface area contributed by atoms with Gasteiger partial charge in [-0.1, -0.05) is 53.5 Å². The number of nitrogens with zero attached hydrogens (tertiary/aromatic N) is 5. The standard InChI is InChI=1S/C19H13Cl2N5OS/c1-11-17(24-23-15-9-13(20)7-8-14(15)21)18(27)26(25-11)19-22-16(10-28-19)12-5-3-2-4-6-12/h2-10,17H,1H3/t17-/m0/s1. The van der Waals surface area contributed by atoms with Crippen molar-refractivity contribution in [1.82, 2.24) is 4.98 Å². The van der Waals surface area contributed by atoms with Crippen LogP contribution in [0, 0.1) is 0 Å². The Morgan fingerprint density at radius 3 is 2.71 bits per heavy atom. The molecule has 1 aliphatic rings. The summed E-state index contributed by atoms with van der Waals surface area (Å²) in [6.45, 7) is 1.73. The molecule has 0 N–H and O–H groups in total. The second-order valence-corrected chi connectivity index (χ2v) is 7.67. The molecule has 0 saturated carbocycles. The average Bonchev–Trinajstić information content (AvgIpc) is 3.29. The molecule has 2 heterocycles. The summed E-state index contributed by atoms with van der Waals surface area (Å²) in [4.78, 5) is 17.3. The van der Waals surface area contributed by atoms with Crippen LogP contribution in [-0.2, 0) is 4.79 Å². The van der Waals surface area contributed by atoms with E-state index in [1.165, 1.54) is 16.3 Å². The summed E-state index contributed by atoms with van der Waals surface area (Å²) in [6.07, 6.45) is 0. The van der Waals surface area contributed by atoms with Crippen LogP contribution in [0.3, 0.4) is 0 Å². The van der Waals surface area contributed by atoms with Gasteiger partial charge < -0.3 is 0 Å². The lowest BCUT2D eigenvalue weighted by Crippen LogP contribution is -2.29. The van der Waals surface area contributed by atoms with Crippen LogP contribution in [0.4, 0.5) is 10.8 Å². The quantitative estimate of drug-likeness (QED) is 0.477. The maximum Gasteiger partial charge on any atom is 0.282 e. The van der Waals surface area contributed by atoms with Crippen molar-refractivity contribution in [2.75, 3.05) is 5.01 Å². The van der Waals surface area contributed by atoms with Crippen LogP contribution in [-0.4, -0.2) is 22.6 Å². The zero-order chi connectivity index (χ0) is 19.7. The molecule has 2 aromatic carbocycles. The molecule has 6 nitrogen and oxygen atoms in total. The van der Waals surface area contributed by atoms with Gasteiger partial charge in [0.15, 0.2) is 6.04 Å². The summed E-state index contributed by atoms with van der Waals surface area (Å²) in [5.74, 6) is -0.312. The van der Waals surface area contributed by atoms with E-state index in [4.69, 9.17) is 23.2 Å². The normalized spacial score (nSPS) is 16.8. The molecule has 0 spiro atoms. The summed E-state index contributed by atoms with van der Waals surface area (Å²) in [6, 6.07) is 13.8. The molecule has 28 heavy (non-hydrogen) atoms. The number of rotatable bonds is 4. The van der Waals surface area contributed by atoms with E-state index in [1.54, 1.807) is 25.1 Å². The third kappa shape index (κ3) is 3.69. The van der Waals surface area contributed by atoms with Crippen molar-refractivity contribution in [2.24, 2.45) is 15.3 Å². The van der Waals surface area contributed by atoms with Gasteiger partial charge in [0.2, 0.25) is 5.13 Å². The molecule has 1 aliphatic heterocycles. The summed E-state index contributed by atoms with van der Waals surface area (Å²) in [5, 5.41) is 17.1. The predicted octanol–water partition coefficient (Wildman–Crippen LogP) is 5.99. The molecule has 1 amide bonds. The maximum atomic E-state index is 12.8. The van der Waals surface area contributed by atoms with Gasteiger partial charge in [0, 0.05) is 16.0 Å². The molecule has 3 aromatic rings. The molecule has 4 rings (SSSR count). The van der Waals surface area contributed by atoms with Crippen LogP contribution in [0.2, 0.25) is 10.0 Å². The molecule has 0 radical (unpaired) electrons. The van der Waals surface area contributed by atoms with Crippen LogP contribution >= 0.6 is 34.5 Å². The van der Waals surface area contributed by atoms with Crippen LogP contribution in [0.25, 0.3) is 11.3 Å². The van der Waals surface area contributed by atoms with E-state index in [0.29, 0.717) is 26.6 Å². The Balaban J connectivity index is 1.56. The van der Waals surface area contributed by atoms with Gasteiger partial charge in [-0.2, -0.15) is 20.3 Å². The van der Waals surface area contributed by atoms with E-state index < -0.39 is 6.04 Å². The smallest absolute Gasteiger partial charge is 0.269 e. The van der Waals surface area contributed by atoms with Gasteiger partial charge >= 0.3 is 0 Å². The van der Waals surface area contributed by atoms with E-state index in [9.17, 15) is 4.79 Å². The van der Waals surface area contributed by atoms with E-state index in [1.807, 2.05) is 35.7 Å². The first-order valence-electron chi connectivity index (χ1n) is 8.29. The minimum absolute atomic E-state index is 0.312. The Morgan fingerprint density at radius 2 is 1.93 bits per heavy atom. The van der Waals surface area contributed by atoms with Crippen LogP contribution in [0.1, 0.15) is 6.92 Å². The van der Waals surface area contributed by atoms with Crippen molar-refractivity contribution >= 4 is 57.0 Å². The van der Waals surface area contributed by atoms with E-state index in [-0.39, 0.29) is 5.91 Å². The summed E-state index contributed by atoms with van der Waals surface area (Å²) in [5.41, 5.74) is 2.69. The zero-order valence-electron chi connectivity index (χ0n) is 14.6. The summed E-state index contributed by atoms with van der Waals surface area (Å²) >= 11 is 13.4. The van der Waals surface area contributed by atoms with Gasteiger partial charge in [0.25, 0.3) is 5.91 Å². The van der Waals surface area contributed by atoms with E-state index >= 15 is 0 Å². The minimum Gasteiger partial charge on any atom is -0.269 e. The molecule has 9 heteroatoms. The number of anilines is 1. The fourth-order valence-electron chi connectivity index (χ4n) is 2.61. The highest BCUT2D eigenvalue weighted by atomic mass is 35.5. The lowest BCUT2D eigenvalue weighted by molar-refractivity contribution is -0.117. The van der Waals surface area contributed by atoms with Gasteiger partial charge in [0.05, 0.1) is 16.4 Å². The monoisotopic (exact) mass is 429 g/mol. The third-order valence-electron chi connectivity index (χ3n) is 4.03. The van der Waals surface area contributed by atoms with Crippen LogP contribution in [0.15, 0.2) is 69.2 Å². The van der Waals surface area contributed by atoms with Gasteiger partial charge in [-0.3, -0.25) is 4.79 Å². The van der Waals surface area contributed by atoms with Crippen molar-refractivity contribution < 1.29 is 4.79 Å². The number of azo groups is 1.